The van der Waals surface area contributed by atoms with Crippen molar-refractivity contribution in [1.82, 2.24) is 0 Å². The third-order valence-electron chi connectivity index (χ3n) is 4.50. The summed E-state index contributed by atoms with van der Waals surface area (Å²) >= 11 is 0. The highest BCUT2D eigenvalue weighted by Gasteiger charge is 2.37. The summed E-state index contributed by atoms with van der Waals surface area (Å²) in [6.07, 6.45) is 2.11. The second kappa shape index (κ2) is 6.30. The van der Waals surface area contributed by atoms with E-state index in [-0.39, 0.29) is 17.3 Å². The number of ether oxygens (including phenoxy) is 2. The highest BCUT2D eigenvalue weighted by Crippen LogP contribution is 2.42. The topological polar surface area (TPSA) is 18.5 Å². The van der Waals surface area contributed by atoms with Crippen LogP contribution in [-0.2, 0) is 11.3 Å². The average molecular weight is 298 g/mol. The van der Waals surface area contributed by atoms with Gasteiger partial charge in [0.2, 0.25) is 0 Å². The molecule has 2 atom stereocenters. The molecule has 1 aliphatic heterocycles. The van der Waals surface area contributed by atoms with Crippen molar-refractivity contribution in [3.63, 3.8) is 0 Å². The molecule has 0 saturated carbocycles. The van der Waals surface area contributed by atoms with Gasteiger partial charge in [-0.3, -0.25) is 0 Å². The quantitative estimate of drug-likeness (QED) is 0.751. The van der Waals surface area contributed by atoms with Crippen LogP contribution in [-0.4, -0.2) is 12.2 Å². The molecule has 1 aromatic carbocycles. The summed E-state index contributed by atoms with van der Waals surface area (Å²) in [6, 6.07) is 5.18. The van der Waals surface area contributed by atoms with E-state index >= 15 is 0 Å². The van der Waals surface area contributed by atoms with Gasteiger partial charge in [0.1, 0.15) is 5.75 Å². The highest BCUT2D eigenvalue weighted by atomic mass is 19.3. The molecule has 0 spiro atoms. The molecule has 118 valence electrons. The van der Waals surface area contributed by atoms with E-state index < -0.39 is 6.61 Å². The van der Waals surface area contributed by atoms with E-state index in [0.717, 1.165) is 18.4 Å². The van der Waals surface area contributed by atoms with Gasteiger partial charge in [-0.2, -0.15) is 8.78 Å². The van der Waals surface area contributed by atoms with E-state index in [9.17, 15) is 8.78 Å². The zero-order valence-corrected chi connectivity index (χ0v) is 13.2. The molecule has 0 saturated heterocycles. The first kappa shape index (κ1) is 16.2. The Morgan fingerprint density at radius 1 is 1.38 bits per heavy atom. The van der Waals surface area contributed by atoms with Crippen LogP contribution in [0, 0.1) is 5.92 Å². The van der Waals surface area contributed by atoms with Gasteiger partial charge in [-0.15, -0.1) is 0 Å². The van der Waals surface area contributed by atoms with Crippen molar-refractivity contribution < 1.29 is 18.3 Å². The Hall–Kier alpha value is -1.16. The van der Waals surface area contributed by atoms with Gasteiger partial charge in [-0.05, 0) is 48.9 Å². The lowest BCUT2D eigenvalue weighted by atomic mass is 9.77. The molecular formula is C17H24F2O2. The van der Waals surface area contributed by atoms with Crippen LogP contribution < -0.4 is 4.74 Å². The Balaban J connectivity index is 2.18. The molecule has 0 bridgehead atoms. The van der Waals surface area contributed by atoms with Crippen LogP contribution in [0.2, 0.25) is 0 Å². The summed E-state index contributed by atoms with van der Waals surface area (Å²) in [5.41, 5.74) is 1.93. The van der Waals surface area contributed by atoms with Crippen LogP contribution in [0.4, 0.5) is 8.78 Å². The number of hydrogen-bond acceptors (Lipinski definition) is 2. The number of fused-ring (bicyclic) bond motifs is 1. The number of halogens is 2. The SMILES string of the molecule is CC(C)CC[C@@]1(C)OCc2cc(OC(F)F)ccc2[C@@H]1C. The standard InChI is InChI=1S/C17H24F2O2/c1-11(2)7-8-17(4)12(3)15-6-5-14(21-16(18)19)9-13(15)10-20-17/h5-6,9,11-12,16H,7-8,10H2,1-4H3/t12-,17+/m0/s1. The van der Waals surface area contributed by atoms with Gasteiger partial charge in [0.15, 0.2) is 0 Å². The van der Waals surface area contributed by atoms with Gasteiger partial charge in [-0.1, -0.05) is 26.8 Å². The average Bonchev–Trinajstić information content (AvgIpc) is 2.41. The molecule has 1 heterocycles. The van der Waals surface area contributed by atoms with E-state index in [0.29, 0.717) is 12.5 Å². The Labute approximate surface area is 125 Å². The number of rotatable bonds is 5. The van der Waals surface area contributed by atoms with E-state index in [1.807, 2.05) is 6.07 Å². The van der Waals surface area contributed by atoms with Crippen LogP contribution in [0.25, 0.3) is 0 Å². The lowest BCUT2D eigenvalue weighted by Gasteiger charge is -2.41. The van der Waals surface area contributed by atoms with E-state index in [4.69, 9.17) is 4.74 Å². The molecule has 4 heteroatoms. The Morgan fingerprint density at radius 3 is 2.71 bits per heavy atom. The Kier molecular flexibility index (Phi) is 4.87. The van der Waals surface area contributed by atoms with Crippen molar-refractivity contribution in [3.05, 3.63) is 29.3 Å². The maximum absolute atomic E-state index is 12.3. The van der Waals surface area contributed by atoms with Crippen molar-refractivity contribution in [3.8, 4) is 5.75 Å². The second-order valence-corrected chi connectivity index (χ2v) is 6.49. The van der Waals surface area contributed by atoms with Crippen molar-refractivity contribution in [2.24, 2.45) is 5.92 Å². The lowest BCUT2D eigenvalue weighted by molar-refractivity contribution is -0.0801. The molecule has 0 radical (unpaired) electrons. The monoisotopic (exact) mass is 298 g/mol. The summed E-state index contributed by atoms with van der Waals surface area (Å²) in [5.74, 6) is 1.08. The molecule has 2 rings (SSSR count). The van der Waals surface area contributed by atoms with Gasteiger partial charge in [0.25, 0.3) is 0 Å². The summed E-state index contributed by atoms with van der Waals surface area (Å²) < 4.78 is 35.1. The fourth-order valence-corrected chi connectivity index (χ4v) is 2.87. The van der Waals surface area contributed by atoms with Crippen LogP contribution in [0.15, 0.2) is 18.2 Å². The van der Waals surface area contributed by atoms with Crippen molar-refractivity contribution in [2.45, 2.75) is 65.3 Å². The zero-order valence-electron chi connectivity index (χ0n) is 13.2. The third-order valence-corrected chi connectivity index (χ3v) is 4.50. The molecule has 21 heavy (non-hydrogen) atoms. The van der Waals surface area contributed by atoms with Gasteiger partial charge in [-0.25, -0.2) is 0 Å². The first-order chi connectivity index (χ1) is 9.82. The first-order valence-corrected chi connectivity index (χ1v) is 7.53. The van der Waals surface area contributed by atoms with Crippen molar-refractivity contribution in [2.75, 3.05) is 0 Å². The lowest BCUT2D eigenvalue weighted by Crippen LogP contribution is -2.39. The molecular weight excluding hydrogens is 274 g/mol. The fourth-order valence-electron chi connectivity index (χ4n) is 2.87. The minimum absolute atomic E-state index is 0.192. The second-order valence-electron chi connectivity index (χ2n) is 6.49. The van der Waals surface area contributed by atoms with Crippen molar-refractivity contribution >= 4 is 0 Å². The Bertz CT molecular complexity index is 488. The van der Waals surface area contributed by atoms with Crippen LogP contribution >= 0.6 is 0 Å². The van der Waals surface area contributed by atoms with Crippen LogP contribution in [0.5, 0.6) is 5.75 Å². The van der Waals surface area contributed by atoms with Gasteiger partial charge >= 0.3 is 6.61 Å². The predicted octanol–water partition coefficient (Wildman–Crippen LogP) is 5.12. The third kappa shape index (κ3) is 3.73. The molecule has 0 amide bonds. The normalized spacial score (nSPS) is 25.2. The predicted molar refractivity (Wildman–Crippen MR) is 78.8 cm³/mol. The molecule has 0 unspecified atom stereocenters. The summed E-state index contributed by atoms with van der Waals surface area (Å²) in [7, 11) is 0. The summed E-state index contributed by atoms with van der Waals surface area (Å²) in [4.78, 5) is 0. The van der Waals surface area contributed by atoms with E-state index in [2.05, 4.69) is 32.4 Å². The maximum atomic E-state index is 12.3. The van der Waals surface area contributed by atoms with Gasteiger partial charge in [0.05, 0.1) is 12.2 Å². The summed E-state index contributed by atoms with van der Waals surface area (Å²) in [6.45, 7) is 6.37. The van der Waals surface area contributed by atoms with Crippen LogP contribution in [0.3, 0.4) is 0 Å². The minimum Gasteiger partial charge on any atom is -0.435 e. The highest BCUT2D eigenvalue weighted by molar-refractivity contribution is 5.39. The maximum Gasteiger partial charge on any atom is 0.387 e. The van der Waals surface area contributed by atoms with Crippen molar-refractivity contribution in [1.29, 1.82) is 0 Å². The van der Waals surface area contributed by atoms with Gasteiger partial charge < -0.3 is 9.47 Å². The largest absolute Gasteiger partial charge is 0.435 e. The molecule has 0 N–H and O–H groups in total. The smallest absolute Gasteiger partial charge is 0.387 e. The number of hydrogen-bond donors (Lipinski definition) is 0. The first-order valence-electron chi connectivity index (χ1n) is 7.53. The van der Waals surface area contributed by atoms with Gasteiger partial charge in [0, 0.05) is 5.92 Å². The molecule has 1 aliphatic rings. The summed E-state index contributed by atoms with van der Waals surface area (Å²) in [5, 5.41) is 0. The van der Waals surface area contributed by atoms with E-state index in [1.54, 1.807) is 12.1 Å². The van der Waals surface area contributed by atoms with Crippen LogP contribution in [0.1, 0.15) is 57.6 Å². The Morgan fingerprint density at radius 2 is 2.10 bits per heavy atom. The fraction of sp³-hybridized carbons (Fsp3) is 0.647. The minimum atomic E-state index is -2.79. The molecule has 1 aromatic rings. The number of alkyl halides is 2. The molecule has 0 fully saturated rings. The van der Waals surface area contributed by atoms with E-state index in [1.165, 1.54) is 5.56 Å². The molecule has 2 nitrogen and oxygen atoms in total. The zero-order chi connectivity index (χ0) is 15.6. The molecule has 0 aromatic heterocycles. The molecule has 0 aliphatic carbocycles. The number of benzene rings is 1.